The van der Waals surface area contributed by atoms with Crippen molar-refractivity contribution in [1.82, 2.24) is 10.2 Å². The number of carbonyl (C=O) groups is 1. The van der Waals surface area contributed by atoms with E-state index in [1.807, 2.05) is 20.9 Å². The van der Waals surface area contributed by atoms with Crippen LogP contribution in [0.3, 0.4) is 0 Å². The molecule has 3 unspecified atom stereocenters. The molecule has 1 aliphatic rings. The molecule has 0 heterocycles. The van der Waals surface area contributed by atoms with Crippen molar-refractivity contribution in [2.75, 3.05) is 20.1 Å². The van der Waals surface area contributed by atoms with E-state index in [9.17, 15) is 4.79 Å². The molecule has 0 spiro atoms. The summed E-state index contributed by atoms with van der Waals surface area (Å²) in [5, 5.41) is 3.42. The van der Waals surface area contributed by atoms with E-state index < -0.39 is 0 Å². The Balaban J connectivity index is 2.44. The molecule has 0 radical (unpaired) electrons. The summed E-state index contributed by atoms with van der Waals surface area (Å²) in [4.78, 5) is 13.6. The number of rotatable bonds is 5. The van der Waals surface area contributed by atoms with Crippen molar-refractivity contribution in [2.24, 2.45) is 11.7 Å². The highest BCUT2D eigenvalue weighted by atomic mass is 16.2. The largest absolute Gasteiger partial charge is 0.345 e. The molecule has 0 aromatic carbocycles. The molecule has 4 heteroatoms. The van der Waals surface area contributed by atoms with Crippen molar-refractivity contribution in [1.29, 1.82) is 0 Å². The summed E-state index contributed by atoms with van der Waals surface area (Å²) in [6.45, 7) is 5.42. The van der Waals surface area contributed by atoms with Gasteiger partial charge in [-0.1, -0.05) is 6.42 Å². The fourth-order valence-corrected chi connectivity index (χ4v) is 2.42. The van der Waals surface area contributed by atoms with Crippen molar-refractivity contribution in [3.63, 3.8) is 0 Å². The van der Waals surface area contributed by atoms with Gasteiger partial charge in [0.05, 0.1) is 6.04 Å². The van der Waals surface area contributed by atoms with Gasteiger partial charge in [0.25, 0.3) is 0 Å². The Kier molecular flexibility index (Phi) is 5.22. The maximum atomic E-state index is 11.9. The lowest BCUT2D eigenvalue weighted by atomic mass is 10.0. The first-order valence-corrected chi connectivity index (χ1v) is 6.31. The molecule has 0 saturated heterocycles. The standard InChI is InChI=1S/C12H25N3O/c1-4-15(3)12(16)9(2)14-11-7-5-6-10(11)8-13/h9-11,14H,4-8,13H2,1-3H3. The van der Waals surface area contributed by atoms with E-state index in [4.69, 9.17) is 5.73 Å². The predicted molar refractivity (Wildman–Crippen MR) is 66.1 cm³/mol. The number of nitrogens with two attached hydrogens (primary N) is 1. The first kappa shape index (κ1) is 13.5. The molecule has 1 amide bonds. The van der Waals surface area contributed by atoms with Gasteiger partial charge in [-0.2, -0.15) is 0 Å². The summed E-state index contributed by atoms with van der Waals surface area (Å²) in [6.07, 6.45) is 3.57. The molecule has 3 N–H and O–H groups in total. The van der Waals surface area contributed by atoms with Crippen molar-refractivity contribution in [2.45, 2.75) is 45.2 Å². The number of hydrogen-bond acceptors (Lipinski definition) is 3. The molecule has 1 saturated carbocycles. The highest BCUT2D eigenvalue weighted by molar-refractivity contribution is 5.81. The van der Waals surface area contributed by atoms with E-state index in [1.165, 1.54) is 12.8 Å². The first-order chi connectivity index (χ1) is 7.60. The minimum absolute atomic E-state index is 0.0953. The number of likely N-dealkylation sites (N-methyl/N-ethyl adjacent to an activating group) is 1. The third kappa shape index (κ3) is 3.19. The van der Waals surface area contributed by atoms with Gasteiger partial charge in [-0.05, 0) is 39.2 Å². The summed E-state index contributed by atoms with van der Waals surface area (Å²) >= 11 is 0. The smallest absolute Gasteiger partial charge is 0.239 e. The Morgan fingerprint density at radius 1 is 1.56 bits per heavy atom. The van der Waals surface area contributed by atoms with Crippen molar-refractivity contribution in [3.05, 3.63) is 0 Å². The topological polar surface area (TPSA) is 58.4 Å². The van der Waals surface area contributed by atoms with Crippen LogP contribution in [0.25, 0.3) is 0 Å². The molecule has 1 rings (SSSR count). The SMILES string of the molecule is CCN(C)C(=O)C(C)NC1CCCC1CN. The lowest BCUT2D eigenvalue weighted by Gasteiger charge is -2.26. The van der Waals surface area contributed by atoms with Gasteiger partial charge in [-0.3, -0.25) is 4.79 Å². The molecule has 0 bridgehead atoms. The maximum absolute atomic E-state index is 11.9. The van der Waals surface area contributed by atoms with E-state index >= 15 is 0 Å². The van der Waals surface area contributed by atoms with Crippen LogP contribution in [0.4, 0.5) is 0 Å². The maximum Gasteiger partial charge on any atom is 0.239 e. The molecule has 1 aliphatic carbocycles. The number of hydrogen-bond donors (Lipinski definition) is 2. The molecule has 0 aromatic rings. The fraction of sp³-hybridized carbons (Fsp3) is 0.917. The summed E-state index contributed by atoms with van der Waals surface area (Å²) in [5.41, 5.74) is 5.73. The lowest BCUT2D eigenvalue weighted by molar-refractivity contribution is -0.131. The Morgan fingerprint density at radius 3 is 2.81 bits per heavy atom. The molecule has 4 nitrogen and oxygen atoms in total. The van der Waals surface area contributed by atoms with Gasteiger partial charge in [-0.25, -0.2) is 0 Å². The van der Waals surface area contributed by atoms with Crippen LogP contribution < -0.4 is 11.1 Å². The van der Waals surface area contributed by atoms with Gasteiger partial charge in [0.1, 0.15) is 0 Å². The average molecular weight is 227 g/mol. The van der Waals surface area contributed by atoms with Gasteiger partial charge in [-0.15, -0.1) is 0 Å². The molecule has 0 aromatic heterocycles. The van der Waals surface area contributed by atoms with E-state index in [-0.39, 0.29) is 11.9 Å². The highest BCUT2D eigenvalue weighted by Gasteiger charge is 2.29. The number of nitrogens with one attached hydrogen (secondary N) is 1. The van der Waals surface area contributed by atoms with Crippen LogP contribution in [0.15, 0.2) is 0 Å². The van der Waals surface area contributed by atoms with Crippen molar-refractivity contribution < 1.29 is 4.79 Å². The van der Waals surface area contributed by atoms with Crippen molar-refractivity contribution in [3.8, 4) is 0 Å². The van der Waals surface area contributed by atoms with Gasteiger partial charge in [0, 0.05) is 19.6 Å². The lowest BCUT2D eigenvalue weighted by Crippen LogP contribution is -2.49. The van der Waals surface area contributed by atoms with Crippen LogP contribution in [-0.2, 0) is 4.79 Å². The van der Waals surface area contributed by atoms with Crippen molar-refractivity contribution >= 4 is 5.91 Å². The normalized spacial score (nSPS) is 26.8. The zero-order chi connectivity index (χ0) is 12.1. The molecule has 16 heavy (non-hydrogen) atoms. The third-order valence-corrected chi connectivity index (χ3v) is 3.65. The number of carbonyl (C=O) groups excluding carboxylic acids is 1. The van der Waals surface area contributed by atoms with Crippen LogP contribution in [0, 0.1) is 5.92 Å². The minimum Gasteiger partial charge on any atom is -0.345 e. The Labute approximate surface area is 98.6 Å². The Bertz CT molecular complexity index is 232. The predicted octanol–water partition coefficient (Wildman–Crippen LogP) is 0.570. The second kappa shape index (κ2) is 6.21. The second-order valence-electron chi connectivity index (χ2n) is 4.77. The molecular weight excluding hydrogens is 202 g/mol. The minimum atomic E-state index is -0.0953. The molecule has 1 fully saturated rings. The summed E-state index contributed by atoms with van der Waals surface area (Å²) in [5.74, 6) is 0.715. The number of amides is 1. The first-order valence-electron chi connectivity index (χ1n) is 6.31. The second-order valence-corrected chi connectivity index (χ2v) is 4.77. The van der Waals surface area contributed by atoms with E-state index in [2.05, 4.69) is 5.32 Å². The van der Waals surface area contributed by atoms with Gasteiger partial charge in [0.2, 0.25) is 5.91 Å². The van der Waals surface area contributed by atoms with E-state index in [0.29, 0.717) is 12.0 Å². The van der Waals surface area contributed by atoms with E-state index in [1.54, 1.807) is 4.90 Å². The van der Waals surface area contributed by atoms with Crippen LogP contribution >= 0.6 is 0 Å². The monoisotopic (exact) mass is 227 g/mol. The Morgan fingerprint density at radius 2 is 2.25 bits per heavy atom. The third-order valence-electron chi connectivity index (χ3n) is 3.65. The van der Waals surface area contributed by atoms with Crippen LogP contribution in [0.2, 0.25) is 0 Å². The van der Waals surface area contributed by atoms with Crippen LogP contribution in [0.1, 0.15) is 33.1 Å². The number of nitrogens with zero attached hydrogens (tertiary/aromatic N) is 1. The van der Waals surface area contributed by atoms with E-state index in [0.717, 1.165) is 19.5 Å². The Hall–Kier alpha value is -0.610. The van der Waals surface area contributed by atoms with Gasteiger partial charge >= 0.3 is 0 Å². The van der Waals surface area contributed by atoms with Crippen LogP contribution in [0.5, 0.6) is 0 Å². The molecule has 0 aliphatic heterocycles. The molecule has 94 valence electrons. The summed E-state index contributed by atoms with van der Waals surface area (Å²) in [7, 11) is 1.84. The highest BCUT2D eigenvalue weighted by Crippen LogP contribution is 2.24. The summed E-state index contributed by atoms with van der Waals surface area (Å²) < 4.78 is 0. The van der Waals surface area contributed by atoms with Gasteiger partial charge < -0.3 is 16.0 Å². The van der Waals surface area contributed by atoms with Crippen LogP contribution in [-0.4, -0.2) is 43.0 Å². The fourth-order valence-electron chi connectivity index (χ4n) is 2.42. The zero-order valence-corrected chi connectivity index (χ0v) is 10.7. The summed E-state index contributed by atoms with van der Waals surface area (Å²) in [6, 6.07) is 0.330. The zero-order valence-electron chi connectivity index (χ0n) is 10.7. The molecule has 3 atom stereocenters. The quantitative estimate of drug-likeness (QED) is 0.722. The average Bonchev–Trinajstić information content (AvgIpc) is 2.74. The van der Waals surface area contributed by atoms with Gasteiger partial charge in [0.15, 0.2) is 0 Å². The molecular formula is C12H25N3O.